The van der Waals surface area contributed by atoms with E-state index in [-0.39, 0.29) is 11.3 Å². The van der Waals surface area contributed by atoms with E-state index in [1.165, 1.54) is 6.20 Å². The number of halogens is 2. The fraction of sp³-hybridized carbons (Fsp3) is 0.280. The average Bonchev–Trinajstić information content (AvgIpc) is 3.32. The van der Waals surface area contributed by atoms with Gasteiger partial charge < -0.3 is 15.0 Å². The Morgan fingerprint density at radius 3 is 2.55 bits per heavy atom. The Kier molecular flexibility index (Phi) is 8.27. The number of ketones is 1. The zero-order valence-corrected chi connectivity index (χ0v) is 21.5. The van der Waals surface area contributed by atoms with E-state index in [2.05, 4.69) is 30.0 Å². The summed E-state index contributed by atoms with van der Waals surface area (Å²) in [6, 6.07) is 3.43. The first-order chi connectivity index (χ1) is 18.2. The summed E-state index contributed by atoms with van der Waals surface area (Å²) in [7, 11) is -2.23. The third-order valence-corrected chi connectivity index (χ3v) is 7.10. The Morgan fingerprint density at radius 2 is 1.84 bits per heavy atom. The summed E-state index contributed by atoms with van der Waals surface area (Å²) < 4.78 is 61.2. The minimum Gasteiger partial charge on any atom is -0.385 e. The van der Waals surface area contributed by atoms with Crippen LogP contribution in [0.15, 0.2) is 43.0 Å². The molecule has 0 saturated heterocycles. The molecule has 3 aromatic heterocycles. The molecule has 0 unspecified atom stereocenters. The van der Waals surface area contributed by atoms with Crippen LogP contribution in [0, 0.1) is 11.6 Å². The Balaban J connectivity index is 1.64. The van der Waals surface area contributed by atoms with E-state index in [1.807, 2.05) is 0 Å². The molecule has 13 heteroatoms. The molecule has 38 heavy (non-hydrogen) atoms. The van der Waals surface area contributed by atoms with Crippen molar-refractivity contribution >= 4 is 38.5 Å². The molecule has 0 atom stereocenters. The number of sulfonamides is 1. The largest absolute Gasteiger partial charge is 0.385 e. The number of methoxy groups -OCH3 is 1. The lowest BCUT2D eigenvalue weighted by atomic mass is 10.0. The highest BCUT2D eigenvalue weighted by molar-refractivity contribution is 7.92. The third-order valence-electron chi connectivity index (χ3n) is 5.63. The standard InChI is InChI=1S/C25H26F2N6O4S/c1-3-9-38(35,36)33-20-6-5-19(26)21(22(20)27)23(34)18-14-30-24-17(18)10-15(11-29-24)16-12-31-25(32-13-16)28-7-4-8-37-2/h5-6,10-14,33H,3-4,7-9H2,1-2H3,(H,29,30)(H,28,31,32). The predicted octanol–water partition coefficient (Wildman–Crippen LogP) is 4.13. The molecule has 3 heterocycles. The van der Waals surface area contributed by atoms with Crippen molar-refractivity contribution in [2.45, 2.75) is 19.8 Å². The van der Waals surface area contributed by atoms with E-state index in [4.69, 9.17) is 4.74 Å². The molecule has 0 saturated carbocycles. The number of benzene rings is 1. The maximum absolute atomic E-state index is 15.2. The number of ether oxygens (including phenoxy) is 1. The van der Waals surface area contributed by atoms with Crippen molar-refractivity contribution in [2.75, 3.05) is 36.1 Å². The molecule has 0 aliphatic rings. The zero-order valence-electron chi connectivity index (χ0n) is 20.7. The lowest BCUT2D eigenvalue weighted by Crippen LogP contribution is -2.18. The van der Waals surface area contributed by atoms with Crippen LogP contribution in [0.4, 0.5) is 20.4 Å². The van der Waals surface area contributed by atoms with Gasteiger partial charge >= 0.3 is 0 Å². The number of hydrogen-bond acceptors (Lipinski definition) is 8. The number of H-pyrrole nitrogens is 1. The molecule has 0 fully saturated rings. The van der Waals surface area contributed by atoms with Crippen molar-refractivity contribution in [2.24, 2.45) is 0 Å². The number of aromatic nitrogens is 4. The van der Waals surface area contributed by atoms with Crippen LogP contribution in [-0.4, -0.2) is 60.2 Å². The van der Waals surface area contributed by atoms with Crippen molar-refractivity contribution < 1.29 is 26.7 Å². The number of nitrogens with one attached hydrogen (secondary N) is 3. The van der Waals surface area contributed by atoms with E-state index in [0.717, 1.165) is 18.6 Å². The van der Waals surface area contributed by atoms with Crippen LogP contribution in [0.2, 0.25) is 0 Å². The lowest BCUT2D eigenvalue weighted by molar-refractivity contribution is 0.103. The molecule has 0 radical (unpaired) electrons. The van der Waals surface area contributed by atoms with Crippen LogP contribution < -0.4 is 10.0 Å². The minimum absolute atomic E-state index is 0.0296. The van der Waals surface area contributed by atoms with Crippen LogP contribution >= 0.6 is 0 Å². The Bertz CT molecular complexity index is 1560. The molecule has 3 N–H and O–H groups in total. The monoisotopic (exact) mass is 544 g/mol. The SMILES string of the molecule is CCCS(=O)(=O)Nc1ccc(F)c(C(=O)c2c[nH]c3ncc(-c4cnc(NCCCOC)nc4)cc23)c1F. The number of rotatable bonds is 12. The van der Waals surface area contributed by atoms with Crippen LogP contribution in [0.3, 0.4) is 0 Å². The van der Waals surface area contributed by atoms with Gasteiger partial charge in [0.1, 0.15) is 11.5 Å². The average molecular weight is 545 g/mol. The molecule has 0 aliphatic carbocycles. The van der Waals surface area contributed by atoms with Gasteiger partial charge in [-0.1, -0.05) is 6.92 Å². The van der Waals surface area contributed by atoms with Gasteiger partial charge in [-0.05, 0) is 31.0 Å². The van der Waals surface area contributed by atoms with Crippen LogP contribution in [-0.2, 0) is 14.8 Å². The molecule has 0 spiro atoms. The van der Waals surface area contributed by atoms with Gasteiger partial charge in [-0.3, -0.25) is 9.52 Å². The van der Waals surface area contributed by atoms with E-state index in [1.54, 1.807) is 38.7 Å². The molecule has 0 aliphatic heterocycles. The number of anilines is 2. The Labute approximate surface area is 217 Å². The topological polar surface area (TPSA) is 139 Å². The van der Waals surface area contributed by atoms with Gasteiger partial charge in [0.15, 0.2) is 5.82 Å². The molecule has 0 amide bonds. The second-order valence-corrected chi connectivity index (χ2v) is 10.3. The van der Waals surface area contributed by atoms with E-state index in [9.17, 15) is 17.6 Å². The van der Waals surface area contributed by atoms with Crippen LogP contribution in [0.25, 0.3) is 22.2 Å². The fourth-order valence-corrected chi connectivity index (χ4v) is 4.93. The van der Waals surface area contributed by atoms with Crippen molar-refractivity contribution in [3.8, 4) is 11.1 Å². The number of pyridine rings is 1. The molecule has 4 aromatic rings. The van der Waals surface area contributed by atoms with Crippen LogP contribution in [0.1, 0.15) is 35.7 Å². The number of hydrogen-bond donors (Lipinski definition) is 3. The third kappa shape index (κ3) is 5.94. The van der Waals surface area contributed by atoms with E-state index in [0.29, 0.717) is 47.7 Å². The minimum atomic E-state index is -3.86. The summed E-state index contributed by atoms with van der Waals surface area (Å²) in [5, 5.41) is 3.40. The van der Waals surface area contributed by atoms with Crippen molar-refractivity contribution in [1.82, 2.24) is 19.9 Å². The van der Waals surface area contributed by atoms with Gasteiger partial charge in [-0.2, -0.15) is 0 Å². The molecule has 0 bridgehead atoms. The quantitative estimate of drug-likeness (QED) is 0.179. The molecule has 4 rings (SSSR count). The van der Waals surface area contributed by atoms with Crippen molar-refractivity contribution in [3.05, 3.63) is 65.7 Å². The zero-order chi connectivity index (χ0) is 27.3. The summed E-state index contributed by atoms with van der Waals surface area (Å²) in [5.74, 6) is -3.19. The maximum Gasteiger partial charge on any atom is 0.232 e. The summed E-state index contributed by atoms with van der Waals surface area (Å²) in [4.78, 5) is 29.0. The van der Waals surface area contributed by atoms with Gasteiger partial charge in [0.2, 0.25) is 21.8 Å². The second-order valence-electron chi connectivity index (χ2n) is 8.42. The Hall–Kier alpha value is -3.97. The molecule has 10 nitrogen and oxygen atoms in total. The summed E-state index contributed by atoms with van der Waals surface area (Å²) in [6.07, 6.45) is 7.14. The second kappa shape index (κ2) is 11.6. The highest BCUT2D eigenvalue weighted by Crippen LogP contribution is 2.29. The first-order valence-corrected chi connectivity index (χ1v) is 13.4. The number of nitrogens with zero attached hydrogens (tertiary/aromatic N) is 3. The van der Waals surface area contributed by atoms with Gasteiger partial charge in [0, 0.05) is 67.1 Å². The van der Waals surface area contributed by atoms with Gasteiger partial charge in [-0.15, -0.1) is 0 Å². The van der Waals surface area contributed by atoms with Crippen molar-refractivity contribution in [1.29, 1.82) is 0 Å². The first kappa shape index (κ1) is 27.1. The van der Waals surface area contributed by atoms with Crippen molar-refractivity contribution in [3.63, 3.8) is 0 Å². The van der Waals surface area contributed by atoms with Gasteiger partial charge in [-0.25, -0.2) is 32.2 Å². The normalized spacial score (nSPS) is 11.6. The smallest absolute Gasteiger partial charge is 0.232 e. The Morgan fingerprint density at radius 1 is 1.11 bits per heavy atom. The molecule has 200 valence electrons. The number of aromatic amines is 1. The molecule has 1 aromatic carbocycles. The van der Waals surface area contributed by atoms with E-state index < -0.39 is 38.7 Å². The first-order valence-electron chi connectivity index (χ1n) is 11.8. The van der Waals surface area contributed by atoms with E-state index >= 15 is 4.39 Å². The highest BCUT2D eigenvalue weighted by atomic mass is 32.2. The lowest BCUT2D eigenvalue weighted by Gasteiger charge is -2.11. The highest BCUT2D eigenvalue weighted by Gasteiger charge is 2.26. The van der Waals surface area contributed by atoms with Crippen LogP contribution in [0.5, 0.6) is 0 Å². The van der Waals surface area contributed by atoms with Gasteiger partial charge in [0.05, 0.1) is 17.0 Å². The molecular weight excluding hydrogens is 518 g/mol. The number of fused-ring (bicyclic) bond motifs is 1. The van der Waals surface area contributed by atoms with Gasteiger partial charge in [0.25, 0.3) is 0 Å². The fourth-order valence-electron chi connectivity index (χ4n) is 3.80. The molecular formula is C25H26F2N6O4S. The predicted molar refractivity (Wildman–Crippen MR) is 140 cm³/mol. The number of carbonyl (C=O) groups excluding carboxylic acids is 1. The summed E-state index contributed by atoms with van der Waals surface area (Å²) >= 11 is 0. The number of carbonyl (C=O) groups is 1. The summed E-state index contributed by atoms with van der Waals surface area (Å²) in [6.45, 7) is 2.90. The maximum atomic E-state index is 15.2. The summed E-state index contributed by atoms with van der Waals surface area (Å²) in [5.41, 5.74) is 0.119.